The smallest absolute Gasteiger partial charge is 0.327 e. The minimum absolute atomic E-state index is 0.0669. The number of allylic oxidation sites excluding steroid dienone is 2. The SMILES string of the molecule is O=C(O)C(Cc1c[nH]c2ccccc12)N1C(=O)C2=CCCC=C2C1=O. The number of fused-ring (bicyclic) bond motifs is 2. The number of hydrogen-bond donors (Lipinski definition) is 2. The first-order valence-corrected chi connectivity index (χ1v) is 8.14. The van der Waals surface area contributed by atoms with Crippen LogP contribution < -0.4 is 0 Å². The van der Waals surface area contributed by atoms with Crippen LogP contribution in [-0.4, -0.2) is 38.8 Å². The summed E-state index contributed by atoms with van der Waals surface area (Å²) < 4.78 is 0. The van der Waals surface area contributed by atoms with Crippen LogP contribution in [0.3, 0.4) is 0 Å². The molecule has 126 valence electrons. The molecule has 1 aromatic carbocycles. The maximum Gasteiger partial charge on any atom is 0.327 e. The van der Waals surface area contributed by atoms with Gasteiger partial charge in [0.2, 0.25) is 0 Å². The van der Waals surface area contributed by atoms with Crippen molar-refractivity contribution < 1.29 is 19.5 Å². The Morgan fingerprint density at radius 3 is 2.40 bits per heavy atom. The Balaban J connectivity index is 1.72. The van der Waals surface area contributed by atoms with Gasteiger partial charge < -0.3 is 10.1 Å². The van der Waals surface area contributed by atoms with Crippen molar-refractivity contribution in [3.8, 4) is 0 Å². The molecule has 4 rings (SSSR count). The van der Waals surface area contributed by atoms with Gasteiger partial charge in [0.15, 0.2) is 0 Å². The summed E-state index contributed by atoms with van der Waals surface area (Å²) in [5.41, 5.74) is 2.32. The molecule has 2 N–H and O–H groups in total. The molecular weight excluding hydrogens is 320 g/mol. The van der Waals surface area contributed by atoms with Crippen molar-refractivity contribution in [3.63, 3.8) is 0 Å². The van der Waals surface area contributed by atoms with E-state index >= 15 is 0 Å². The summed E-state index contributed by atoms with van der Waals surface area (Å²) in [7, 11) is 0. The summed E-state index contributed by atoms with van der Waals surface area (Å²) in [4.78, 5) is 41.1. The Morgan fingerprint density at radius 1 is 1.12 bits per heavy atom. The van der Waals surface area contributed by atoms with E-state index in [-0.39, 0.29) is 6.42 Å². The monoisotopic (exact) mass is 336 g/mol. The minimum atomic E-state index is -1.23. The molecule has 1 aliphatic carbocycles. The van der Waals surface area contributed by atoms with Gasteiger partial charge in [-0.15, -0.1) is 0 Å². The molecule has 6 heteroatoms. The number of benzene rings is 1. The highest BCUT2D eigenvalue weighted by molar-refractivity contribution is 6.25. The third-order valence-corrected chi connectivity index (χ3v) is 4.74. The number of likely N-dealkylation sites (tertiary alicyclic amines) is 1. The molecule has 2 aromatic rings. The summed E-state index contributed by atoms with van der Waals surface area (Å²) in [6.45, 7) is 0. The maximum atomic E-state index is 12.6. The van der Waals surface area contributed by atoms with Crippen molar-refractivity contribution in [1.82, 2.24) is 9.88 Å². The summed E-state index contributed by atoms with van der Waals surface area (Å²) in [6, 6.07) is 6.30. The number of hydrogen-bond acceptors (Lipinski definition) is 3. The largest absolute Gasteiger partial charge is 0.480 e. The quantitative estimate of drug-likeness (QED) is 0.837. The molecule has 2 amide bonds. The van der Waals surface area contributed by atoms with Crippen LogP contribution in [-0.2, 0) is 20.8 Å². The first-order valence-electron chi connectivity index (χ1n) is 8.14. The highest BCUT2D eigenvalue weighted by atomic mass is 16.4. The summed E-state index contributed by atoms with van der Waals surface area (Å²) >= 11 is 0. The number of nitrogens with one attached hydrogen (secondary N) is 1. The lowest BCUT2D eigenvalue weighted by molar-refractivity contribution is -0.153. The zero-order chi connectivity index (χ0) is 17.6. The van der Waals surface area contributed by atoms with Crippen molar-refractivity contribution >= 4 is 28.7 Å². The fraction of sp³-hybridized carbons (Fsp3) is 0.211. The zero-order valence-corrected chi connectivity index (χ0v) is 13.4. The average Bonchev–Trinajstić information content (AvgIpc) is 3.13. The topological polar surface area (TPSA) is 90.5 Å². The van der Waals surface area contributed by atoms with E-state index in [1.165, 1.54) is 0 Å². The number of imide groups is 1. The fourth-order valence-corrected chi connectivity index (χ4v) is 3.51. The molecular formula is C19H16N2O4. The maximum absolute atomic E-state index is 12.6. The Hall–Kier alpha value is -3.15. The molecule has 1 fully saturated rings. The number of para-hydroxylation sites is 1. The highest BCUT2D eigenvalue weighted by Crippen LogP contribution is 2.32. The van der Waals surface area contributed by atoms with E-state index in [9.17, 15) is 19.5 Å². The van der Waals surface area contributed by atoms with E-state index < -0.39 is 23.8 Å². The summed E-state index contributed by atoms with van der Waals surface area (Å²) in [5.74, 6) is -2.21. The standard InChI is InChI=1S/C19H16N2O4/c22-17-13-6-1-2-7-14(13)18(23)21(17)16(19(24)25)9-11-10-20-15-8-4-3-5-12(11)15/h3-8,10,16,20H,1-2,9H2,(H,24,25). The van der Waals surface area contributed by atoms with Gasteiger partial charge >= 0.3 is 5.97 Å². The number of aromatic nitrogens is 1. The van der Waals surface area contributed by atoms with E-state index in [1.807, 2.05) is 24.3 Å². The number of carbonyl (C=O) groups is 3. The third-order valence-electron chi connectivity index (χ3n) is 4.74. The molecule has 1 saturated heterocycles. The van der Waals surface area contributed by atoms with Crippen LogP contribution >= 0.6 is 0 Å². The van der Waals surface area contributed by atoms with Crippen LogP contribution in [0.5, 0.6) is 0 Å². The van der Waals surface area contributed by atoms with E-state index in [0.717, 1.165) is 21.4 Å². The highest BCUT2D eigenvalue weighted by Gasteiger charge is 2.45. The number of carbonyl (C=O) groups excluding carboxylic acids is 2. The number of amides is 2. The molecule has 0 bridgehead atoms. The van der Waals surface area contributed by atoms with Crippen molar-refractivity contribution in [2.24, 2.45) is 0 Å². The molecule has 1 aliphatic heterocycles. The van der Waals surface area contributed by atoms with Gasteiger partial charge in [-0.25, -0.2) is 4.79 Å². The van der Waals surface area contributed by atoms with Gasteiger partial charge in [-0.05, 0) is 24.5 Å². The lowest BCUT2D eigenvalue weighted by Gasteiger charge is -2.21. The van der Waals surface area contributed by atoms with E-state index in [2.05, 4.69) is 4.98 Å². The van der Waals surface area contributed by atoms with Crippen LogP contribution in [0.2, 0.25) is 0 Å². The summed E-state index contributed by atoms with van der Waals surface area (Å²) in [5, 5.41) is 10.6. The number of H-pyrrole nitrogens is 1. The molecule has 0 spiro atoms. The molecule has 25 heavy (non-hydrogen) atoms. The Kier molecular flexibility index (Phi) is 3.53. The van der Waals surface area contributed by atoms with Gasteiger partial charge in [0.1, 0.15) is 6.04 Å². The second kappa shape index (κ2) is 5.73. The predicted octanol–water partition coefficient (Wildman–Crippen LogP) is 2.18. The van der Waals surface area contributed by atoms with E-state index in [0.29, 0.717) is 24.0 Å². The van der Waals surface area contributed by atoms with Crippen LogP contribution in [0.4, 0.5) is 0 Å². The first-order chi connectivity index (χ1) is 12.1. The molecule has 1 unspecified atom stereocenters. The van der Waals surface area contributed by atoms with Crippen LogP contribution in [0.25, 0.3) is 10.9 Å². The van der Waals surface area contributed by atoms with Crippen molar-refractivity contribution in [2.45, 2.75) is 25.3 Å². The van der Waals surface area contributed by atoms with E-state index in [1.54, 1.807) is 18.3 Å². The number of rotatable bonds is 4. The average molecular weight is 336 g/mol. The molecule has 6 nitrogen and oxygen atoms in total. The number of aromatic amines is 1. The number of aliphatic carboxylic acids is 1. The molecule has 1 atom stereocenters. The first kappa shape index (κ1) is 15.4. The lowest BCUT2D eigenvalue weighted by Crippen LogP contribution is -2.46. The molecule has 0 saturated carbocycles. The predicted molar refractivity (Wildman–Crippen MR) is 90.7 cm³/mol. The number of carboxylic acids is 1. The number of carboxylic acid groups (broad SMARTS) is 1. The van der Waals surface area contributed by atoms with Crippen LogP contribution in [0.1, 0.15) is 18.4 Å². The van der Waals surface area contributed by atoms with Gasteiger partial charge in [-0.2, -0.15) is 0 Å². The van der Waals surface area contributed by atoms with Gasteiger partial charge in [-0.1, -0.05) is 30.4 Å². The van der Waals surface area contributed by atoms with Gasteiger partial charge in [0.05, 0.1) is 0 Å². The van der Waals surface area contributed by atoms with Crippen LogP contribution in [0, 0.1) is 0 Å². The van der Waals surface area contributed by atoms with Crippen molar-refractivity contribution in [1.29, 1.82) is 0 Å². The molecule has 2 heterocycles. The van der Waals surface area contributed by atoms with Gasteiger partial charge in [0, 0.05) is 34.7 Å². The molecule has 0 radical (unpaired) electrons. The lowest BCUT2D eigenvalue weighted by atomic mass is 10.0. The van der Waals surface area contributed by atoms with E-state index in [4.69, 9.17) is 0 Å². The second-order valence-corrected chi connectivity index (χ2v) is 6.21. The summed E-state index contributed by atoms with van der Waals surface area (Å²) in [6.07, 6.45) is 6.62. The zero-order valence-electron chi connectivity index (χ0n) is 13.4. The van der Waals surface area contributed by atoms with Gasteiger partial charge in [0.25, 0.3) is 11.8 Å². The second-order valence-electron chi connectivity index (χ2n) is 6.21. The van der Waals surface area contributed by atoms with Crippen molar-refractivity contribution in [3.05, 3.63) is 59.3 Å². The normalized spacial score (nSPS) is 18.2. The Labute approximate surface area is 143 Å². The van der Waals surface area contributed by atoms with Crippen molar-refractivity contribution in [2.75, 3.05) is 0 Å². The number of nitrogens with zero attached hydrogens (tertiary/aromatic N) is 1. The Morgan fingerprint density at radius 2 is 1.76 bits per heavy atom. The fourth-order valence-electron chi connectivity index (χ4n) is 3.51. The third kappa shape index (κ3) is 2.38. The van der Waals surface area contributed by atoms with Gasteiger partial charge in [-0.3, -0.25) is 14.5 Å². The van der Waals surface area contributed by atoms with Crippen LogP contribution in [0.15, 0.2) is 53.8 Å². The minimum Gasteiger partial charge on any atom is -0.480 e. The molecule has 1 aromatic heterocycles. The Bertz CT molecular complexity index is 935. The molecule has 2 aliphatic rings.